The van der Waals surface area contributed by atoms with Gasteiger partial charge in [0.25, 0.3) is 0 Å². The van der Waals surface area contributed by atoms with Crippen LogP contribution in [0.3, 0.4) is 0 Å². The van der Waals surface area contributed by atoms with Crippen LogP contribution in [0.25, 0.3) is 0 Å². The normalized spacial score (nSPS) is 13.6. The maximum absolute atomic E-state index is 12.4. The van der Waals surface area contributed by atoms with Gasteiger partial charge in [-0.05, 0) is 17.7 Å². The van der Waals surface area contributed by atoms with E-state index in [1.54, 1.807) is 7.11 Å². The Morgan fingerprint density at radius 3 is 2.15 bits per heavy atom. The van der Waals surface area contributed by atoms with Crippen molar-refractivity contribution >= 4 is 37.6 Å². The van der Waals surface area contributed by atoms with E-state index in [0.717, 1.165) is 11.3 Å². The van der Waals surface area contributed by atoms with Gasteiger partial charge >= 0.3 is 0 Å². The van der Waals surface area contributed by atoms with Crippen LogP contribution in [0, 0.1) is 0 Å². The largest absolute Gasteiger partial charge is 0.497 e. The van der Waals surface area contributed by atoms with Crippen LogP contribution in [-0.2, 0) is 0 Å². The predicted octanol–water partition coefficient (Wildman–Crippen LogP) is 4.78. The number of Topliss-reactive ketones (excluding diaryl/α,β-unsaturated/α-hetero) is 1. The maximum atomic E-state index is 12.4. The number of carbonyl (C=O) groups is 1. The molecule has 104 valence electrons. The summed E-state index contributed by atoms with van der Waals surface area (Å²) >= 11 is 7.08. The Balaban J connectivity index is 2.15. The van der Waals surface area contributed by atoms with Crippen molar-refractivity contribution in [2.75, 3.05) is 7.11 Å². The van der Waals surface area contributed by atoms with Crippen molar-refractivity contribution in [1.82, 2.24) is 0 Å². The summed E-state index contributed by atoms with van der Waals surface area (Å²) in [6.07, 6.45) is 0. The number of methoxy groups -OCH3 is 1. The molecule has 0 bridgehead atoms. The molecule has 0 N–H and O–H groups in total. The first kappa shape index (κ1) is 15.3. The van der Waals surface area contributed by atoms with Crippen LogP contribution in [0.15, 0.2) is 54.6 Å². The van der Waals surface area contributed by atoms with Gasteiger partial charge in [0.15, 0.2) is 5.78 Å². The fraction of sp³-hybridized carbons (Fsp3) is 0.188. The van der Waals surface area contributed by atoms with Crippen molar-refractivity contribution in [1.29, 1.82) is 0 Å². The summed E-state index contributed by atoms with van der Waals surface area (Å²) in [7, 11) is 1.63. The van der Waals surface area contributed by atoms with Gasteiger partial charge in [0.05, 0.1) is 16.8 Å². The van der Waals surface area contributed by atoms with Gasteiger partial charge < -0.3 is 4.74 Å². The Kier molecular flexibility index (Phi) is 5.38. The lowest BCUT2D eigenvalue weighted by atomic mass is 10.0. The van der Waals surface area contributed by atoms with Gasteiger partial charge in [-0.3, -0.25) is 4.79 Å². The molecule has 4 heteroatoms. The highest BCUT2D eigenvalue weighted by Crippen LogP contribution is 2.34. The van der Waals surface area contributed by atoms with E-state index in [2.05, 4.69) is 31.9 Å². The quantitative estimate of drug-likeness (QED) is 0.536. The summed E-state index contributed by atoms with van der Waals surface area (Å²) in [4.78, 5) is 12.0. The predicted molar refractivity (Wildman–Crippen MR) is 88.1 cm³/mol. The minimum absolute atomic E-state index is 0.0586. The first-order chi connectivity index (χ1) is 9.63. The summed E-state index contributed by atoms with van der Waals surface area (Å²) in [5, 5.41) is 0. The zero-order valence-corrected chi connectivity index (χ0v) is 14.1. The van der Waals surface area contributed by atoms with Gasteiger partial charge in [-0.2, -0.15) is 0 Å². The van der Waals surface area contributed by atoms with Crippen molar-refractivity contribution in [2.45, 2.75) is 9.65 Å². The second-order valence-electron chi connectivity index (χ2n) is 4.31. The molecule has 0 spiro atoms. The van der Waals surface area contributed by atoms with Gasteiger partial charge in [-0.15, -0.1) is 0 Å². The van der Waals surface area contributed by atoms with E-state index in [1.165, 1.54) is 0 Å². The molecule has 0 aliphatic carbocycles. The van der Waals surface area contributed by atoms with Gasteiger partial charge in [0.2, 0.25) is 0 Å². The molecule has 0 aliphatic heterocycles. The van der Waals surface area contributed by atoms with Crippen LogP contribution in [0.2, 0.25) is 0 Å². The molecule has 0 amide bonds. The second kappa shape index (κ2) is 7.04. The van der Waals surface area contributed by atoms with Crippen molar-refractivity contribution in [2.24, 2.45) is 0 Å². The molecule has 2 rings (SSSR count). The molecule has 0 aromatic heterocycles. The molecular weight excluding hydrogens is 384 g/mol. The number of halogens is 2. The van der Waals surface area contributed by atoms with Crippen LogP contribution in [0.1, 0.15) is 20.7 Å². The Labute approximate surface area is 135 Å². The smallest absolute Gasteiger partial charge is 0.177 e. The highest BCUT2D eigenvalue weighted by atomic mass is 79.9. The van der Waals surface area contributed by atoms with E-state index in [9.17, 15) is 4.79 Å². The van der Waals surface area contributed by atoms with Crippen molar-refractivity contribution < 1.29 is 9.53 Å². The molecule has 2 nitrogen and oxygen atoms in total. The molecule has 0 saturated heterocycles. The fourth-order valence-electron chi connectivity index (χ4n) is 1.85. The minimum Gasteiger partial charge on any atom is -0.497 e. The molecule has 2 aromatic carbocycles. The summed E-state index contributed by atoms with van der Waals surface area (Å²) in [6, 6.07) is 16.9. The lowest BCUT2D eigenvalue weighted by Crippen LogP contribution is -2.19. The first-order valence-electron chi connectivity index (χ1n) is 6.15. The van der Waals surface area contributed by atoms with E-state index in [4.69, 9.17) is 4.74 Å². The van der Waals surface area contributed by atoms with Crippen molar-refractivity contribution in [3.63, 3.8) is 0 Å². The highest BCUT2D eigenvalue weighted by Gasteiger charge is 2.25. The van der Waals surface area contributed by atoms with Crippen LogP contribution < -0.4 is 4.74 Å². The number of hydrogen-bond donors (Lipinski definition) is 0. The van der Waals surface area contributed by atoms with Crippen molar-refractivity contribution in [3.8, 4) is 5.75 Å². The summed E-state index contributed by atoms with van der Waals surface area (Å²) in [6.45, 7) is 0. The van der Waals surface area contributed by atoms with E-state index in [-0.39, 0.29) is 15.4 Å². The lowest BCUT2D eigenvalue weighted by molar-refractivity contribution is 0.0991. The van der Waals surface area contributed by atoms with Crippen LogP contribution >= 0.6 is 31.9 Å². The Bertz CT molecular complexity index is 567. The maximum Gasteiger partial charge on any atom is 0.177 e. The molecule has 0 fully saturated rings. The van der Waals surface area contributed by atoms with Gasteiger partial charge in [0.1, 0.15) is 5.75 Å². The molecule has 0 radical (unpaired) electrons. The van der Waals surface area contributed by atoms with E-state index >= 15 is 0 Å². The van der Waals surface area contributed by atoms with Crippen molar-refractivity contribution in [3.05, 3.63) is 65.7 Å². The molecule has 0 unspecified atom stereocenters. The SMILES string of the molecule is COc1ccc([C@@H](Br)[C@@H](Br)C(=O)c2ccccc2)cc1. The van der Waals surface area contributed by atoms with Gasteiger partial charge in [-0.1, -0.05) is 74.3 Å². The molecule has 0 aliphatic rings. The standard InChI is InChI=1S/C16H14Br2O2/c1-20-13-9-7-11(8-10-13)14(17)15(18)16(19)12-5-3-2-4-6-12/h2-10,14-15H,1H3/t14-,15-/m1/s1. The Morgan fingerprint density at radius 2 is 1.60 bits per heavy atom. The topological polar surface area (TPSA) is 26.3 Å². The van der Waals surface area contributed by atoms with E-state index in [0.29, 0.717) is 5.56 Å². The third-order valence-electron chi connectivity index (χ3n) is 3.00. The number of alkyl halides is 2. The molecular formula is C16H14Br2O2. The van der Waals surface area contributed by atoms with Gasteiger partial charge in [-0.25, -0.2) is 0 Å². The zero-order chi connectivity index (χ0) is 14.5. The Hall–Kier alpha value is -1.13. The number of benzene rings is 2. The zero-order valence-electron chi connectivity index (χ0n) is 10.9. The number of carbonyl (C=O) groups excluding carboxylic acids is 1. The van der Waals surface area contributed by atoms with Crippen LogP contribution in [0.5, 0.6) is 5.75 Å². The third-order valence-corrected chi connectivity index (χ3v) is 5.71. The average molecular weight is 398 g/mol. The second-order valence-corrected chi connectivity index (χ2v) is 6.28. The fourth-order valence-corrected chi connectivity index (χ4v) is 2.97. The molecule has 0 saturated carbocycles. The third kappa shape index (κ3) is 3.49. The van der Waals surface area contributed by atoms with Crippen LogP contribution in [-0.4, -0.2) is 17.7 Å². The summed E-state index contributed by atoms with van der Waals surface area (Å²) < 4.78 is 5.13. The summed E-state index contributed by atoms with van der Waals surface area (Å²) in [5.41, 5.74) is 1.73. The molecule has 20 heavy (non-hydrogen) atoms. The van der Waals surface area contributed by atoms with Gasteiger partial charge in [0, 0.05) is 5.56 Å². The Morgan fingerprint density at radius 1 is 1.00 bits per heavy atom. The number of hydrogen-bond acceptors (Lipinski definition) is 2. The molecule has 2 atom stereocenters. The summed E-state index contributed by atoms with van der Waals surface area (Å²) in [5.74, 6) is 0.859. The first-order valence-corrected chi connectivity index (χ1v) is 7.98. The average Bonchev–Trinajstić information content (AvgIpc) is 2.53. The van der Waals surface area contributed by atoms with E-state index in [1.807, 2.05) is 54.6 Å². The minimum atomic E-state index is -0.321. The number of ether oxygens (including phenoxy) is 1. The molecule has 0 heterocycles. The monoisotopic (exact) mass is 396 g/mol. The lowest BCUT2D eigenvalue weighted by Gasteiger charge is -2.16. The number of ketones is 1. The molecule has 2 aromatic rings. The van der Waals surface area contributed by atoms with Crippen LogP contribution in [0.4, 0.5) is 0 Å². The highest BCUT2D eigenvalue weighted by molar-refractivity contribution is 9.12. The van der Waals surface area contributed by atoms with E-state index < -0.39 is 0 Å². The number of rotatable bonds is 5.